The van der Waals surface area contributed by atoms with Gasteiger partial charge in [-0.15, -0.1) is 0 Å². The molecule has 4 heteroatoms. The molecule has 3 rings (SSSR count). The summed E-state index contributed by atoms with van der Waals surface area (Å²) >= 11 is 0. The van der Waals surface area contributed by atoms with Crippen molar-refractivity contribution in [3.05, 3.63) is 71.3 Å². The van der Waals surface area contributed by atoms with Gasteiger partial charge < -0.3 is 0 Å². The van der Waals surface area contributed by atoms with Crippen molar-refractivity contribution in [3.8, 4) is 12.1 Å². The van der Waals surface area contributed by atoms with Gasteiger partial charge in [0.15, 0.2) is 0 Å². The van der Waals surface area contributed by atoms with E-state index < -0.39 is 0 Å². The Labute approximate surface area is 121 Å². The first kappa shape index (κ1) is 12.7. The van der Waals surface area contributed by atoms with E-state index in [0.717, 1.165) is 5.56 Å². The molecule has 0 aromatic heterocycles. The van der Waals surface area contributed by atoms with Crippen molar-refractivity contribution in [2.45, 2.75) is 0 Å². The van der Waals surface area contributed by atoms with E-state index in [0.29, 0.717) is 16.9 Å². The van der Waals surface area contributed by atoms with Crippen molar-refractivity contribution in [1.82, 2.24) is 0 Å². The quantitative estimate of drug-likeness (QED) is 0.800. The molecule has 0 atom stereocenters. The smallest absolute Gasteiger partial charge is 0.263 e. The number of benzene rings is 2. The molecule has 0 bridgehead atoms. The monoisotopic (exact) mass is 271 g/mol. The lowest BCUT2D eigenvalue weighted by molar-refractivity contribution is 0.101. The zero-order chi connectivity index (χ0) is 15.0. The van der Waals surface area contributed by atoms with Gasteiger partial charge in [-0.1, -0.05) is 24.8 Å². The summed E-state index contributed by atoms with van der Waals surface area (Å²) in [6.07, 6.45) is 0. The zero-order valence-electron chi connectivity index (χ0n) is 11.0. The third-order valence-electron chi connectivity index (χ3n) is 3.44. The van der Waals surface area contributed by atoms with Crippen molar-refractivity contribution in [1.29, 1.82) is 10.5 Å². The maximum atomic E-state index is 12.5. The van der Waals surface area contributed by atoms with Crippen LogP contribution in [0.2, 0.25) is 0 Å². The first-order valence-electron chi connectivity index (χ1n) is 6.24. The van der Waals surface area contributed by atoms with Crippen molar-refractivity contribution >= 4 is 17.3 Å². The molecule has 98 valence electrons. The molecule has 1 aliphatic rings. The predicted molar refractivity (Wildman–Crippen MR) is 78.2 cm³/mol. The zero-order valence-corrected chi connectivity index (χ0v) is 11.0. The Balaban J connectivity index is 2.12. The Kier molecular flexibility index (Phi) is 2.79. The van der Waals surface area contributed by atoms with Gasteiger partial charge in [0, 0.05) is 11.1 Å². The van der Waals surface area contributed by atoms with Gasteiger partial charge in [0.2, 0.25) is 0 Å². The molecule has 0 radical (unpaired) electrons. The minimum atomic E-state index is -0.177. The lowest BCUT2D eigenvalue weighted by Gasteiger charge is -2.17. The molecule has 1 aliphatic heterocycles. The van der Waals surface area contributed by atoms with E-state index in [2.05, 4.69) is 6.58 Å². The number of anilines is 1. The molecule has 1 heterocycles. The van der Waals surface area contributed by atoms with E-state index in [1.165, 1.54) is 17.0 Å². The van der Waals surface area contributed by atoms with Crippen LogP contribution in [0.3, 0.4) is 0 Å². The van der Waals surface area contributed by atoms with E-state index >= 15 is 0 Å². The van der Waals surface area contributed by atoms with Gasteiger partial charge in [0.1, 0.15) is 12.1 Å². The maximum Gasteiger partial charge on any atom is 0.263 e. The third kappa shape index (κ3) is 1.79. The normalized spacial score (nSPS) is 12.8. The summed E-state index contributed by atoms with van der Waals surface area (Å²) in [5, 5.41) is 18.0. The van der Waals surface area contributed by atoms with E-state index in [-0.39, 0.29) is 17.0 Å². The maximum absolute atomic E-state index is 12.5. The second-order valence-corrected chi connectivity index (χ2v) is 4.59. The highest BCUT2D eigenvalue weighted by Crippen LogP contribution is 2.36. The van der Waals surface area contributed by atoms with Gasteiger partial charge in [0.05, 0.1) is 22.5 Å². The first-order chi connectivity index (χ1) is 10.2. The molecule has 0 fully saturated rings. The fourth-order valence-corrected chi connectivity index (χ4v) is 2.42. The van der Waals surface area contributed by atoms with Gasteiger partial charge in [0.25, 0.3) is 5.91 Å². The summed E-state index contributed by atoms with van der Waals surface area (Å²) in [5.74, 6) is -0.177. The largest absolute Gasteiger partial charge is 0.277 e. The number of nitriles is 2. The number of hydrogen-bond acceptors (Lipinski definition) is 3. The highest BCUT2D eigenvalue weighted by molar-refractivity contribution is 6.22. The van der Waals surface area contributed by atoms with Crippen LogP contribution in [-0.4, -0.2) is 5.91 Å². The van der Waals surface area contributed by atoms with Crippen LogP contribution in [0.1, 0.15) is 27.0 Å². The molecule has 4 nitrogen and oxygen atoms in total. The van der Waals surface area contributed by atoms with Crippen LogP contribution in [0, 0.1) is 22.7 Å². The summed E-state index contributed by atoms with van der Waals surface area (Å²) in [6, 6.07) is 15.9. The van der Waals surface area contributed by atoms with Crippen molar-refractivity contribution < 1.29 is 4.79 Å². The van der Waals surface area contributed by atoms with Crippen LogP contribution in [-0.2, 0) is 0 Å². The molecule has 2 aromatic rings. The number of nitrogens with zero attached hydrogens (tertiary/aromatic N) is 3. The van der Waals surface area contributed by atoms with E-state index in [4.69, 9.17) is 10.5 Å². The summed E-state index contributed by atoms with van der Waals surface area (Å²) < 4.78 is 0. The van der Waals surface area contributed by atoms with Crippen LogP contribution in [0.25, 0.3) is 5.70 Å². The van der Waals surface area contributed by atoms with Crippen LogP contribution in [0.5, 0.6) is 0 Å². The molecular weight excluding hydrogens is 262 g/mol. The second kappa shape index (κ2) is 4.63. The van der Waals surface area contributed by atoms with Crippen LogP contribution in [0.15, 0.2) is 49.0 Å². The Hall–Kier alpha value is -3.37. The van der Waals surface area contributed by atoms with Gasteiger partial charge in [-0.05, 0) is 24.3 Å². The molecule has 0 N–H and O–H groups in total. The number of hydrogen-bond donors (Lipinski definition) is 0. The van der Waals surface area contributed by atoms with Gasteiger partial charge in [-0.2, -0.15) is 10.5 Å². The predicted octanol–water partition coefficient (Wildman–Crippen LogP) is 3.06. The SMILES string of the molecule is C=C1c2ccccc2C(=O)N1c1ccc(C#N)c(C#N)c1. The van der Waals surface area contributed by atoms with E-state index in [9.17, 15) is 4.79 Å². The fourth-order valence-electron chi connectivity index (χ4n) is 2.42. The van der Waals surface area contributed by atoms with Crippen molar-refractivity contribution in [2.24, 2.45) is 0 Å². The van der Waals surface area contributed by atoms with Crippen LogP contribution < -0.4 is 4.90 Å². The Morgan fingerprint density at radius 3 is 2.24 bits per heavy atom. The Bertz CT molecular complexity index is 833. The molecule has 0 aliphatic carbocycles. The van der Waals surface area contributed by atoms with Crippen molar-refractivity contribution in [3.63, 3.8) is 0 Å². The lowest BCUT2D eigenvalue weighted by atomic mass is 10.1. The molecular formula is C17H9N3O. The standard InChI is InChI=1S/C17H9N3O/c1-11-15-4-2-3-5-16(15)17(21)20(11)14-7-6-12(9-18)13(8-14)10-19/h2-8H,1H2. The molecule has 1 amide bonds. The number of carbonyl (C=O) groups excluding carboxylic acids is 1. The van der Waals surface area contributed by atoms with Gasteiger partial charge in [-0.3, -0.25) is 9.69 Å². The summed E-state index contributed by atoms with van der Waals surface area (Å²) in [6.45, 7) is 3.96. The molecule has 0 saturated carbocycles. The topological polar surface area (TPSA) is 67.9 Å². The van der Waals surface area contributed by atoms with Gasteiger partial charge >= 0.3 is 0 Å². The van der Waals surface area contributed by atoms with Gasteiger partial charge in [-0.25, -0.2) is 0 Å². The number of amides is 1. The first-order valence-corrected chi connectivity index (χ1v) is 6.24. The minimum Gasteiger partial charge on any atom is -0.277 e. The van der Waals surface area contributed by atoms with Crippen molar-refractivity contribution in [2.75, 3.05) is 4.90 Å². The molecule has 21 heavy (non-hydrogen) atoms. The highest BCUT2D eigenvalue weighted by Gasteiger charge is 2.31. The fraction of sp³-hybridized carbons (Fsp3) is 0. The van der Waals surface area contributed by atoms with Crippen LogP contribution >= 0.6 is 0 Å². The Morgan fingerprint density at radius 2 is 1.62 bits per heavy atom. The molecule has 0 unspecified atom stereocenters. The summed E-state index contributed by atoms with van der Waals surface area (Å²) in [5.41, 5.74) is 3.01. The number of rotatable bonds is 1. The summed E-state index contributed by atoms with van der Waals surface area (Å²) in [4.78, 5) is 13.9. The molecule has 0 spiro atoms. The Morgan fingerprint density at radius 1 is 0.952 bits per heavy atom. The minimum absolute atomic E-state index is 0.177. The second-order valence-electron chi connectivity index (χ2n) is 4.59. The van der Waals surface area contributed by atoms with Crippen LogP contribution in [0.4, 0.5) is 5.69 Å². The summed E-state index contributed by atoms with van der Waals surface area (Å²) in [7, 11) is 0. The van der Waals surface area contributed by atoms with E-state index in [1.54, 1.807) is 18.2 Å². The number of carbonyl (C=O) groups is 1. The third-order valence-corrected chi connectivity index (χ3v) is 3.44. The highest BCUT2D eigenvalue weighted by atomic mass is 16.2. The average Bonchev–Trinajstić information content (AvgIpc) is 2.78. The molecule has 2 aromatic carbocycles. The number of fused-ring (bicyclic) bond motifs is 1. The van der Waals surface area contributed by atoms with E-state index in [1.807, 2.05) is 24.3 Å². The lowest BCUT2D eigenvalue weighted by Crippen LogP contribution is -2.22. The molecule has 0 saturated heterocycles. The average molecular weight is 271 g/mol.